The third-order valence-corrected chi connectivity index (χ3v) is 4.02. The summed E-state index contributed by atoms with van der Waals surface area (Å²) in [6, 6.07) is 0.930. The molecule has 1 saturated heterocycles. The summed E-state index contributed by atoms with van der Waals surface area (Å²) < 4.78 is 27.2. The molecule has 0 unspecified atom stereocenters. The van der Waals surface area contributed by atoms with E-state index in [1.807, 2.05) is 0 Å². The van der Waals surface area contributed by atoms with Crippen molar-refractivity contribution in [3.63, 3.8) is 0 Å². The van der Waals surface area contributed by atoms with Crippen molar-refractivity contribution in [3.8, 4) is 0 Å². The zero-order valence-electron chi connectivity index (χ0n) is 10.9. The Labute approximate surface area is 118 Å². The molecule has 1 saturated carbocycles. The zero-order valence-corrected chi connectivity index (χ0v) is 10.9. The van der Waals surface area contributed by atoms with Gasteiger partial charge in [0, 0.05) is 0 Å². The molecule has 0 radical (unpaired) electrons. The number of rotatable bonds is 3. The normalized spacial score (nSPS) is 20.0. The topological polar surface area (TPSA) is 83.7 Å². The average molecular weight is 298 g/mol. The first-order chi connectivity index (χ1) is 9.82. The first-order valence-corrected chi connectivity index (χ1v) is 6.47. The first-order valence-electron chi connectivity index (χ1n) is 6.47. The molecule has 112 valence electrons. The van der Waals surface area contributed by atoms with Crippen LogP contribution in [0.15, 0.2) is 12.1 Å². The van der Waals surface area contributed by atoms with Crippen LogP contribution >= 0.6 is 0 Å². The number of hydrogen-bond acceptors (Lipinski definition) is 4. The van der Waals surface area contributed by atoms with Gasteiger partial charge >= 0.3 is 5.69 Å². The van der Waals surface area contributed by atoms with E-state index in [0.717, 1.165) is 12.8 Å². The van der Waals surface area contributed by atoms with Gasteiger partial charge in [-0.05, 0) is 24.8 Å². The Kier molecular flexibility index (Phi) is 2.94. The van der Waals surface area contributed by atoms with Gasteiger partial charge in [-0.3, -0.25) is 14.9 Å². The van der Waals surface area contributed by atoms with Crippen LogP contribution in [0, 0.1) is 27.7 Å². The van der Waals surface area contributed by atoms with Crippen LogP contribution in [-0.4, -0.2) is 39.5 Å². The highest BCUT2D eigenvalue weighted by Crippen LogP contribution is 2.44. The molecule has 0 aromatic heterocycles. The lowest BCUT2D eigenvalue weighted by Crippen LogP contribution is -2.64. The molecule has 1 aromatic carbocycles. The largest absolute Gasteiger partial charge is 0.386 e. The summed E-state index contributed by atoms with van der Waals surface area (Å²) in [7, 11) is 0. The van der Waals surface area contributed by atoms with Crippen LogP contribution in [0.4, 0.5) is 14.5 Å². The maximum Gasteiger partial charge on any atom is 0.307 e. The predicted octanol–water partition coefficient (Wildman–Crippen LogP) is 1.47. The fourth-order valence-electron chi connectivity index (χ4n) is 2.65. The monoisotopic (exact) mass is 298 g/mol. The maximum absolute atomic E-state index is 13.7. The molecule has 1 aliphatic carbocycles. The molecule has 1 amide bonds. The second-order valence-corrected chi connectivity index (χ2v) is 5.58. The highest BCUT2D eigenvalue weighted by atomic mass is 19.1. The van der Waals surface area contributed by atoms with Gasteiger partial charge in [-0.1, -0.05) is 0 Å². The fraction of sp³-hybridized carbons (Fsp3) is 0.462. The number of hydrogen-bond donors (Lipinski definition) is 1. The lowest BCUT2D eigenvalue weighted by molar-refractivity contribution is -0.387. The predicted molar refractivity (Wildman–Crippen MR) is 66.6 cm³/mol. The molecule has 3 rings (SSSR count). The van der Waals surface area contributed by atoms with Crippen LogP contribution < -0.4 is 0 Å². The molecule has 1 aromatic rings. The van der Waals surface area contributed by atoms with Gasteiger partial charge in [0.2, 0.25) is 5.82 Å². The third kappa shape index (κ3) is 2.25. The van der Waals surface area contributed by atoms with Crippen LogP contribution in [0.25, 0.3) is 0 Å². The van der Waals surface area contributed by atoms with Crippen molar-refractivity contribution in [1.82, 2.24) is 4.90 Å². The number of amides is 1. The Morgan fingerprint density at radius 2 is 1.95 bits per heavy atom. The highest BCUT2D eigenvalue weighted by Gasteiger charge is 2.53. The first kappa shape index (κ1) is 13.9. The SMILES string of the molecule is O=C(c1cc(F)c([N+](=O)[O-])cc1F)N1CC(O)(C2CC2)C1. The van der Waals surface area contributed by atoms with Crippen molar-refractivity contribution in [1.29, 1.82) is 0 Å². The maximum atomic E-state index is 13.7. The molecule has 2 fully saturated rings. The molecule has 0 bridgehead atoms. The van der Waals surface area contributed by atoms with Crippen LogP contribution in [0.2, 0.25) is 0 Å². The van der Waals surface area contributed by atoms with Crippen LogP contribution in [0.1, 0.15) is 23.2 Å². The number of carbonyl (C=O) groups excluding carboxylic acids is 1. The Balaban J connectivity index is 1.79. The number of nitro benzene ring substituents is 1. The quantitative estimate of drug-likeness (QED) is 0.676. The van der Waals surface area contributed by atoms with Crippen molar-refractivity contribution in [2.24, 2.45) is 5.92 Å². The van der Waals surface area contributed by atoms with Gasteiger partial charge in [0.25, 0.3) is 5.91 Å². The number of aliphatic hydroxyl groups is 1. The summed E-state index contributed by atoms with van der Waals surface area (Å²) in [5.74, 6) is -3.01. The molecule has 1 aliphatic heterocycles. The van der Waals surface area contributed by atoms with E-state index in [1.165, 1.54) is 4.90 Å². The van der Waals surface area contributed by atoms with Crippen molar-refractivity contribution < 1.29 is 23.6 Å². The molecule has 0 atom stereocenters. The number of likely N-dealkylation sites (tertiary alicyclic amines) is 1. The van der Waals surface area contributed by atoms with Crippen molar-refractivity contribution in [3.05, 3.63) is 39.4 Å². The lowest BCUT2D eigenvalue weighted by atomic mass is 9.88. The van der Waals surface area contributed by atoms with Crippen molar-refractivity contribution >= 4 is 11.6 Å². The van der Waals surface area contributed by atoms with E-state index < -0.39 is 39.3 Å². The number of carbonyl (C=O) groups is 1. The minimum atomic E-state index is -1.26. The Bertz CT molecular complexity index is 639. The number of nitro groups is 1. The molecule has 8 heteroatoms. The zero-order chi connectivity index (χ0) is 15.4. The van der Waals surface area contributed by atoms with E-state index in [1.54, 1.807) is 0 Å². The molecule has 1 heterocycles. The summed E-state index contributed by atoms with van der Waals surface area (Å²) in [4.78, 5) is 22.7. The number of benzene rings is 1. The Morgan fingerprint density at radius 3 is 2.48 bits per heavy atom. The number of nitrogens with zero attached hydrogens (tertiary/aromatic N) is 2. The summed E-state index contributed by atoms with van der Waals surface area (Å²) in [5.41, 5.74) is -2.50. The second kappa shape index (κ2) is 4.45. The van der Waals surface area contributed by atoms with Gasteiger partial charge < -0.3 is 10.0 Å². The summed E-state index contributed by atoms with van der Waals surface area (Å²) in [6.45, 7) is 0.156. The standard InChI is InChI=1S/C13H12F2N2O4/c14-9-4-11(17(20)21)10(15)3-8(9)12(18)16-5-13(19,6-16)7-1-2-7/h3-4,7,19H,1-2,5-6H2. The van der Waals surface area contributed by atoms with Gasteiger partial charge in [0.1, 0.15) is 11.4 Å². The van der Waals surface area contributed by atoms with E-state index in [-0.39, 0.29) is 19.0 Å². The van der Waals surface area contributed by atoms with Gasteiger partial charge in [-0.2, -0.15) is 4.39 Å². The van der Waals surface area contributed by atoms with Crippen molar-refractivity contribution in [2.75, 3.05) is 13.1 Å². The van der Waals surface area contributed by atoms with E-state index >= 15 is 0 Å². The van der Waals surface area contributed by atoms with Crippen molar-refractivity contribution in [2.45, 2.75) is 18.4 Å². The van der Waals surface area contributed by atoms with Gasteiger partial charge in [0.05, 0.1) is 29.6 Å². The van der Waals surface area contributed by atoms with E-state index in [2.05, 4.69) is 0 Å². The fourth-order valence-corrected chi connectivity index (χ4v) is 2.65. The molecular weight excluding hydrogens is 286 g/mol. The smallest absolute Gasteiger partial charge is 0.307 e. The molecule has 1 N–H and O–H groups in total. The molecule has 0 spiro atoms. The summed E-state index contributed by atoms with van der Waals surface area (Å²) in [5, 5.41) is 20.6. The molecule has 2 aliphatic rings. The van der Waals surface area contributed by atoms with E-state index in [9.17, 15) is 28.8 Å². The molecular formula is C13H12F2N2O4. The lowest BCUT2D eigenvalue weighted by Gasteiger charge is -2.47. The highest BCUT2D eigenvalue weighted by molar-refractivity contribution is 5.95. The summed E-state index contributed by atoms with van der Waals surface area (Å²) in [6.07, 6.45) is 1.80. The van der Waals surface area contributed by atoms with Crippen LogP contribution in [-0.2, 0) is 0 Å². The summed E-state index contributed by atoms with van der Waals surface area (Å²) >= 11 is 0. The Morgan fingerprint density at radius 1 is 1.33 bits per heavy atom. The second-order valence-electron chi connectivity index (χ2n) is 5.58. The van der Waals surface area contributed by atoms with Gasteiger partial charge in [-0.25, -0.2) is 4.39 Å². The Hall–Kier alpha value is -2.09. The third-order valence-electron chi connectivity index (χ3n) is 4.02. The van der Waals surface area contributed by atoms with Gasteiger partial charge in [-0.15, -0.1) is 0 Å². The number of β-amino-alcohol motifs (C(OH)–C–C–N with tert-alkyl or cyclic N) is 1. The van der Waals surface area contributed by atoms with E-state index in [0.29, 0.717) is 12.1 Å². The van der Waals surface area contributed by atoms with Crippen LogP contribution in [0.5, 0.6) is 0 Å². The average Bonchev–Trinajstić information content (AvgIpc) is 3.20. The van der Waals surface area contributed by atoms with Gasteiger partial charge in [0.15, 0.2) is 0 Å². The number of halogens is 2. The van der Waals surface area contributed by atoms with Crippen LogP contribution in [0.3, 0.4) is 0 Å². The minimum Gasteiger partial charge on any atom is -0.386 e. The minimum absolute atomic E-state index is 0.0779. The molecule has 6 nitrogen and oxygen atoms in total. The van der Waals surface area contributed by atoms with E-state index in [4.69, 9.17) is 0 Å². The molecule has 21 heavy (non-hydrogen) atoms.